The van der Waals surface area contributed by atoms with Crippen LogP contribution in [0.1, 0.15) is 23.7 Å². The molecule has 126 valence electrons. The highest BCUT2D eigenvalue weighted by Crippen LogP contribution is 2.39. The molecule has 1 aliphatic rings. The molecular weight excluding hydrogens is 332 g/mol. The van der Waals surface area contributed by atoms with Gasteiger partial charge in [-0.2, -0.15) is 0 Å². The lowest BCUT2D eigenvalue weighted by Gasteiger charge is -2.15. The van der Waals surface area contributed by atoms with Crippen LogP contribution in [0.25, 0.3) is 10.8 Å². The molecule has 3 rings (SSSR count). The van der Waals surface area contributed by atoms with Crippen molar-refractivity contribution in [2.75, 3.05) is 18.0 Å². The lowest BCUT2D eigenvalue weighted by Crippen LogP contribution is -2.27. The summed E-state index contributed by atoms with van der Waals surface area (Å²) in [6.45, 7) is 2.15. The Balaban J connectivity index is 2.11. The molecule has 0 aromatic heterocycles. The minimum Gasteiger partial charge on any atom is -0.481 e. The number of amides is 1. The van der Waals surface area contributed by atoms with Gasteiger partial charge in [0.05, 0.1) is 17.0 Å². The zero-order valence-electron chi connectivity index (χ0n) is 12.9. The second kappa shape index (κ2) is 5.88. The second-order valence-corrected chi connectivity index (χ2v) is 7.14. The first-order valence-electron chi connectivity index (χ1n) is 7.46. The third-order valence-corrected chi connectivity index (χ3v) is 5.50. The summed E-state index contributed by atoms with van der Waals surface area (Å²) in [5.74, 6) is -1.23. The fourth-order valence-corrected chi connectivity index (χ4v) is 4.17. The fourth-order valence-electron chi connectivity index (χ4n) is 2.94. The van der Waals surface area contributed by atoms with Crippen molar-refractivity contribution in [2.24, 2.45) is 0 Å². The quantitative estimate of drug-likeness (QED) is 0.825. The van der Waals surface area contributed by atoms with Crippen LogP contribution in [0.15, 0.2) is 35.2 Å². The molecule has 1 heterocycles. The number of hydrogen-bond donors (Lipinski definition) is 2. The number of nitrogens with one attached hydrogen (secondary N) is 1. The van der Waals surface area contributed by atoms with Gasteiger partial charge in [-0.3, -0.25) is 9.59 Å². The summed E-state index contributed by atoms with van der Waals surface area (Å²) < 4.78 is 27.3. The summed E-state index contributed by atoms with van der Waals surface area (Å²) >= 11 is 0. The zero-order chi connectivity index (χ0) is 17.5. The number of sulfonamides is 1. The summed E-state index contributed by atoms with van der Waals surface area (Å²) in [4.78, 5) is 24.6. The van der Waals surface area contributed by atoms with E-state index in [1.165, 1.54) is 6.07 Å². The molecule has 0 fully saturated rings. The Morgan fingerprint density at radius 3 is 2.67 bits per heavy atom. The number of rotatable bonds is 6. The van der Waals surface area contributed by atoms with E-state index in [9.17, 15) is 18.0 Å². The van der Waals surface area contributed by atoms with Gasteiger partial charge in [0.1, 0.15) is 0 Å². The van der Waals surface area contributed by atoms with Crippen LogP contribution in [0, 0.1) is 0 Å². The first-order chi connectivity index (χ1) is 11.4. The van der Waals surface area contributed by atoms with Crippen molar-refractivity contribution < 1.29 is 23.1 Å². The fraction of sp³-hybridized carbons (Fsp3) is 0.250. The van der Waals surface area contributed by atoms with Crippen molar-refractivity contribution in [3.63, 3.8) is 0 Å². The first kappa shape index (κ1) is 16.4. The predicted molar refractivity (Wildman–Crippen MR) is 88.7 cm³/mol. The van der Waals surface area contributed by atoms with Crippen LogP contribution >= 0.6 is 0 Å². The molecule has 0 unspecified atom stereocenters. The highest BCUT2D eigenvalue weighted by atomic mass is 32.2. The Morgan fingerprint density at radius 2 is 2.00 bits per heavy atom. The molecule has 2 aromatic rings. The molecular formula is C16H16N2O5S. The van der Waals surface area contributed by atoms with E-state index >= 15 is 0 Å². The van der Waals surface area contributed by atoms with E-state index in [1.807, 2.05) is 6.92 Å². The molecule has 8 heteroatoms. The number of hydrogen-bond acceptors (Lipinski definition) is 4. The van der Waals surface area contributed by atoms with Gasteiger partial charge in [0.15, 0.2) is 0 Å². The third kappa shape index (κ3) is 2.53. The maximum absolute atomic E-state index is 12.5. The average molecular weight is 348 g/mol. The van der Waals surface area contributed by atoms with Crippen molar-refractivity contribution in [1.82, 2.24) is 4.72 Å². The summed E-state index contributed by atoms with van der Waals surface area (Å²) in [5, 5.41) is 9.71. The monoisotopic (exact) mass is 348 g/mol. The summed E-state index contributed by atoms with van der Waals surface area (Å²) in [7, 11) is -3.87. The van der Waals surface area contributed by atoms with Crippen LogP contribution in [0.2, 0.25) is 0 Å². The topological polar surface area (TPSA) is 104 Å². The minimum absolute atomic E-state index is 0.0410. The maximum Gasteiger partial charge on any atom is 0.304 e. The number of aliphatic carboxylic acids is 1. The molecule has 0 bridgehead atoms. The van der Waals surface area contributed by atoms with Gasteiger partial charge < -0.3 is 10.0 Å². The van der Waals surface area contributed by atoms with Gasteiger partial charge in [0.25, 0.3) is 5.91 Å². The van der Waals surface area contributed by atoms with Crippen molar-refractivity contribution in [3.8, 4) is 0 Å². The third-order valence-electron chi connectivity index (χ3n) is 3.98. The van der Waals surface area contributed by atoms with Gasteiger partial charge >= 0.3 is 5.97 Å². The lowest BCUT2D eigenvalue weighted by molar-refractivity contribution is -0.136. The Kier molecular flexibility index (Phi) is 4.02. The van der Waals surface area contributed by atoms with E-state index < -0.39 is 16.0 Å². The van der Waals surface area contributed by atoms with E-state index in [-0.39, 0.29) is 23.8 Å². The van der Waals surface area contributed by atoms with Gasteiger partial charge in [-0.15, -0.1) is 0 Å². The second-order valence-electron chi connectivity index (χ2n) is 5.40. The number of carbonyl (C=O) groups is 2. The van der Waals surface area contributed by atoms with Crippen LogP contribution in [-0.4, -0.2) is 38.5 Å². The molecule has 2 aromatic carbocycles. The molecule has 0 atom stereocenters. The molecule has 0 saturated heterocycles. The molecule has 0 spiro atoms. The SMILES string of the molecule is CCN1C(=O)c2cccc3c(S(=O)(=O)NCCC(=O)O)ccc1c23. The Morgan fingerprint density at radius 1 is 1.25 bits per heavy atom. The normalized spacial score (nSPS) is 13.7. The predicted octanol–water partition coefficient (Wildman–Crippen LogP) is 1.57. The van der Waals surface area contributed by atoms with Crippen LogP contribution in [-0.2, 0) is 14.8 Å². The molecule has 0 aliphatic carbocycles. The van der Waals surface area contributed by atoms with Gasteiger partial charge in [-0.25, -0.2) is 13.1 Å². The number of anilines is 1. The Hall–Kier alpha value is -2.45. The summed E-state index contributed by atoms with van der Waals surface area (Å²) in [6.07, 6.45) is -0.303. The van der Waals surface area contributed by atoms with Gasteiger partial charge in [-0.1, -0.05) is 12.1 Å². The molecule has 0 saturated carbocycles. The molecule has 24 heavy (non-hydrogen) atoms. The van der Waals surface area contributed by atoms with Crippen LogP contribution < -0.4 is 9.62 Å². The molecule has 1 amide bonds. The van der Waals surface area contributed by atoms with E-state index in [0.29, 0.717) is 28.6 Å². The van der Waals surface area contributed by atoms with Gasteiger partial charge in [0, 0.05) is 29.4 Å². The van der Waals surface area contributed by atoms with Crippen LogP contribution in [0.5, 0.6) is 0 Å². The Bertz CT molecular complexity index is 952. The number of benzene rings is 2. The van der Waals surface area contributed by atoms with Crippen molar-refractivity contribution in [1.29, 1.82) is 0 Å². The smallest absolute Gasteiger partial charge is 0.304 e. The van der Waals surface area contributed by atoms with Crippen molar-refractivity contribution in [2.45, 2.75) is 18.2 Å². The highest BCUT2D eigenvalue weighted by molar-refractivity contribution is 7.89. The van der Waals surface area contributed by atoms with E-state index in [0.717, 1.165) is 0 Å². The summed E-state index contributed by atoms with van der Waals surface area (Å²) in [6, 6.07) is 8.05. The van der Waals surface area contributed by atoms with E-state index in [4.69, 9.17) is 5.11 Å². The molecule has 7 nitrogen and oxygen atoms in total. The number of carbonyl (C=O) groups excluding carboxylic acids is 1. The molecule has 0 radical (unpaired) electrons. The van der Waals surface area contributed by atoms with Crippen LogP contribution in [0.4, 0.5) is 5.69 Å². The van der Waals surface area contributed by atoms with Crippen molar-refractivity contribution >= 4 is 38.4 Å². The Labute approximate surface area is 138 Å². The molecule has 1 aliphatic heterocycles. The van der Waals surface area contributed by atoms with Crippen LogP contribution in [0.3, 0.4) is 0 Å². The lowest BCUT2D eigenvalue weighted by atomic mass is 10.1. The highest BCUT2D eigenvalue weighted by Gasteiger charge is 2.31. The number of carboxylic acids is 1. The average Bonchev–Trinajstić information content (AvgIpc) is 2.81. The van der Waals surface area contributed by atoms with Gasteiger partial charge in [-0.05, 0) is 25.1 Å². The van der Waals surface area contributed by atoms with E-state index in [2.05, 4.69) is 4.72 Å². The summed E-state index contributed by atoms with van der Waals surface area (Å²) in [5.41, 5.74) is 1.17. The van der Waals surface area contributed by atoms with Gasteiger partial charge in [0.2, 0.25) is 10.0 Å². The van der Waals surface area contributed by atoms with E-state index in [1.54, 1.807) is 29.2 Å². The van der Waals surface area contributed by atoms with Crippen molar-refractivity contribution in [3.05, 3.63) is 35.9 Å². The largest absolute Gasteiger partial charge is 0.481 e. The maximum atomic E-state index is 12.5. The zero-order valence-corrected chi connectivity index (χ0v) is 13.8. The first-order valence-corrected chi connectivity index (χ1v) is 8.94. The molecule has 2 N–H and O–H groups in total. The number of nitrogens with zero attached hydrogens (tertiary/aromatic N) is 1. The number of carboxylic acid groups (broad SMARTS) is 1. The minimum atomic E-state index is -3.87. The standard InChI is InChI=1S/C16H16N2O5S/c1-2-18-12-6-7-13(24(22,23)17-9-8-14(19)20)10-4-3-5-11(15(10)12)16(18)21/h3-7,17H,2,8-9H2,1H3,(H,19,20).